The summed E-state index contributed by atoms with van der Waals surface area (Å²) in [5.74, 6) is -0.525. The van der Waals surface area contributed by atoms with Crippen molar-refractivity contribution in [3.8, 4) is 0 Å². The summed E-state index contributed by atoms with van der Waals surface area (Å²) in [7, 11) is 1.96. The van der Waals surface area contributed by atoms with E-state index in [0.717, 1.165) is 17.7 Å². The molecule has 2 atom stereocenters. The normalized spacial score (nSPS) is 25.6. The van der Waals surface area contributed by atoms with Gasteiger partial charge in [-0.05, 0) is 30.0 Å². The minimum Gasteiger partial charge on any atom is -0.311 e. The molecule has 0 radical (unpaired) electrons. The van der Waals surface area contributed by atoms with Crippen LogP contribution < -0.4 is 15.8 Å². The van der Waals surface area contributed by atoms with E-state index in [0.29, 0.717) is 12.8 Å². The van der Waals surface area contributed by atoms with Gasteiger partial charge in [0.25, 0.3) is 0 Å². The maximum absolute atomic E-state index is 12.0. The van der Waals surface area contributed by atoms with Gasteiger partial charge in [0.1, 0.15) is 0 Å². The van der Waals surface area contributed by atoms with Crippen LogP contribution in [0.2, 0.25) is 0 Å². The Morgan fingerprint density at radius 1 is 1.35 bits per heavy atom. The minimum atomic E-state index is -0.191. The van der Waals surface area contributed by atoms with Crippen molar-refractivity contribution < 1.29 is 9.59 Å². The van der Waals surface area contributed by atoms with E-state index in [1.165, 1.54) is 5.56 Å². The Labute approximate surface area is 118 Å². The highest BCUT2D eigenvalue weighted by molar-refractivity contribution is 5.99. The Kier molecular flexibility index (Phi) is 3.22. The molecule has 5 heteroatoms. The molecule has 2 aliphatic rings. The van der Waals surface area contributed by atoms with E-state index < -0.39 is 0 Å². The molecule has 0 spiro atoms. The Morgan fingerprint density at radius 3 is 2.85 bits per heavy atom. The van der Waals surface area contributed by atoms with Gasteiger partial charge in [0.05, 0.1) is 17.6 Å². The summed E-state index contributed by atoms with van der Waals surface area (Å²) in [6.45, 7) is 2.13. The number of amides is 2. The number of carbonyl (C=O) groups is 2. The second-order valence-electron chi connectivity index (χ2n) is 5.47. The molecule has 1 aromatic carbocycles. The van der Waals surface area contributed by atoms with Gasteiger partial charge in [0.15, 0.2) is 0 Å². The summed E-state index contributed by atoms with van der Waals surface area (Å²) in [6.07, 6.45) is 2.01. The highest BCUT2D eigenvalue weighted by Crippen LogP contribution is 2.39. The maximum atomic E-state index is 12.0. The number of aryl methyl sites for hydroxylation is 1. The van der Waals surface area contributed by atoms with E-state index in [2.05, 4.69) is 35.9 Å². The van der Waals surface area contributed by atoms with Crippen LogP contribution in [0.15, 0.2) is 18.2 Å². The van der Waals surface area contributed by atoms with E-state index in [1.807, 2.05) is 12.1 Å². The molecule has 0 aromatic heterocycles. The number of benzene rings is 1. The van der Waals surface area contributed by atoms with Crippen LogP contribution in [0.25, 0.3) is 0 Å². The monoisotopic (exact) mass is 273 g/mol. The zero-order chi connectivity index (χ0) is 14.3. The summed E-state index contributed by atoms with van der Waals surface area (Å²) in [4.78, 5) is 23.3. The van der Waals surface area contributed by atoms with Gasteiger partial charge in [-0.1, -0.05) is 19.1 Å². The number of anilines is 1. The number of hydrazine groups is 1. The van der Waals surface area contributed by atoms with E-state index in [4.69, 9.17) is 0 Å². The van der Waals surface area contributed by atoms with Crippen molar-refractivity contribution in [2.75, 3.05) is 12.1 Å². The molecule has 2 aliphatic heterocycles. The minimum absolute atomic E-state index is 0.0472. The van der Waals surface area contributed by atoms with Gasteiger partial charge in [-0.3, -0.25) is 14.9 Å². The van der Waals surface area contributed by atoms with Crippen molar-refractivity contribution in [2.24, 2.45) is 5.92 Å². The van der Waals surface area contributed by atoms with Crippen molar-refractivity contribution in [2.45, 2.75) is 32.2 Å². The van der Waals surface area contributed by atoms with Gasteiger partial charge in [-0.2, -0.15) is 0 Å². The van der Waals surface area contributed by atoms with Crippen LogP contribution in [-0.2, 0) is 16.0 Å². The van der Waals surface area contributed by atoms with Gasteiger partial charge in [0, 0.05) is 13.5 Å². The predicted octanol–water partition coefficient (Wildman–Crippen LogP) is 1.30. The van der Waals surface area contributed by atoms with Crippen LogP contribution >= 0.6 is 0 Å². The van der Waals surface area contributed by atoms with Crippen molar-refractivity contribution >= 4 is 17.5 Å². The van der Waals surface area contributed by atoms with Crippen molar-refractivity contribution in [3.05, 3.63) is 29.3 Å². The molecule has 0 bridgehead atoms. The lowest BCUT2D eigenvalue weighted by Gasteiger charge is -2.27. The third kappa shape index (κ3) is 2.08. The molecular formula is C15H19N3O2. The van der Waals surface area contributed by atoms with E-state index in [-0.39, 0.29) is 23.8 Å². The largest absolute Gasteiger partial charge is 0.311 e. The number of nitrogens with one attached hydrogen (secondary N) is 2. The number of piperidine rings is 1. The van der Waals surface area contributed by atoms with E-state index in [9.17, 15) is 9.59 Å². The van der Waals surface area contributed by atoms with Crippen LogP contribution in [-0.4, -0.2) is 18.9 Å². The average Bonchev–Trinajstić information content (AvgIpc) is 2.75. The first kappa shape index (κ1) is 13.1. The van der Waals surface area contributed by atoms with Crippen LogP contribution in [0.4, 0.5) is 5.69 Å². The summed E-state index contributed by atoms with van der Waals surface area (Å²) in [5.41, 5.74) is 6.89. The number of fused-ring (bicyclic) bond motifs is 1. The lowest BCUT2D eigenvalue weighted by molar-refractivity contribution is -0.137. The SMILES string of the molecule is CCc1ccc2c(c1)N(C)NC2C1CCC(=O)NC1=O. The van der Waals surface area contributed by atoms with Gasteiger partial charge in [-0.15, -0.1) is 0 Å². The zero-order valence-corrected chi connectivity index (χ0v) is 11.8. The molecule has 1 fully saturated rings. The fourth-order valence-corrected chi connectivity index (χ4v) is 3.05. The lowest BCUT2D eigenvalue weighted by atomic mass is 9.86. The number of rotatable bonds is 2. The van der Waals surface area contributed by atoms with Gasteiger partial charge in [0.2, 0.25) is 11.8 Å². The fraction of sp³-hybridized carbons (Fsp3) is 0.467. The smallest absolute Gasteiger partial charge is 0.231 e. The Balaban J connectivity index is 1.91. The van der Waals surface area contributed by atoms with Crippen LogP contribution in [0, 0.1) is 5.92 Å². The summed E-state index contributed by atoms with van der Waals surface area (Å²) in [5, 5.41) is 4.41. The standard InChI is InChI=1S/C15H19N3O2/c1-3-9-4-5-10-12(8-9)18(2)17-14(10)11-6-7-13(19)16-15(11)20/h4-5,8,11,14,17H,3,6-7H2,1-2H3,(H,16,19,20). The van der Waals surface area contributed by atoms with Gasteiger partial charge in [-0.25, -0.2) is 5.43 Å². The molecule has 20 heavy (non-hydrogen) atoms. The van der Waals surface area contributed by atoms with Gasteiger partial charge >= 0.3 is 0 Å². The van der Waals surface area contributed by atoms with E-state index in [1.54, 1.807) is 0 Å². The third-order valence-corrected chi connectivity index (χ3v) is 4.22. The second-order valence-corrected chi connectivity index (χ2v) is 5.47. The predicted molar refractivity (Wildman–Crippen MR) is 76.0 cm³/mol. The molecule has 3 rings (SSSR count). The third-order valence-electron chi connectivity index (χ3n) is 4.22. The zero-order valence-electron chi connectivity index (χ0n) is 11.8. The van der Waals surface area contributed by atoms with Crippen LogP contribution in [0.5, 0.6) is 0 Å². The molecule has 106 valence electrons. The molecule has 0 saturated carbocycles. The van der Waals surface area contributed by atoms with Crippen molar-refractivity contribution in [1.29, 1.82) is 0 Å². The van der Waals surface area contributed by atoms with Crippen LogP contribution in [0.3, 0.4) is 0 Å². The quantitative estimate of drug-likeness (QED) is 0.797. The first-order valence-corrected chi connectivity index (χ1v) is 7.06. The van der Waals surface area contributed by atoms with Crippen molar-refractivity contribution in [3.63, 3.8) is 0 Å². The summed E-state index contributed by atoms with van der Waals surface area (Å²) in [6, 6.07) is 6.32. The maximum Gasteiger partial charge on any atom is 0.231 e. The number of nitrogens with zero attached hydrogens (tertiary/aromatic N) is 1. The first-order chi connectivity index (χ1) is 9.60. The topological polar surface area (TPSA) is 61.4 Å². The van der Waals surface area contributed by atoms with Crippen molar-refractivity contribution in [1.82, 2.24) is 10.7 Å². The lowest BCUT2D eigenvalue weighted by Crippen LogP contribution is -2.46. The number of hydrogen-bond acceptors (Lipinski definition) is 4. The molecule has 2 unspecified atom stereocenters. The number of carbonyl (C=O) groups excluding carboxylic acids is 2. The fourth-order valence-electron chi connectivity index (χ4n) is 3.05. The second kappa shape index (κ2) is 4.90. The molecule has 2 amide bonds. The first-order valence-electron chi connectivity index (χ1n) is 7.06. The highest BCUT2D eigenvalue weighted by atomic mass is 16.2. The highest BCUT2D eigenvalue weighted by Gasteiger charge is 2.39. The van der Waals surface area contributed by atoms with Crippen LogP contribution in [0.1, 0.15) is 36.9 Å². The Morgan fingerprint density at radius 2 is 2.15 bits per heavy atom. The number of hydrogen-bond donors (Lipinski definition) is 2. The molecule has 0 aliphatic carbocycles. The summed E-state index contributed by atoms with van der Waals surface area (Å²) < 4.78 is 0. The molecule has 1 saturated heterocycles. The number of imide groups is 1. The molecule has 5 nitrogen and oxygen atoms in total. The average molecular weight is 273 g/mol. The van der Waals surface area contributed by atoms with E-state index >= 15 is 0 Å². The molecular weight excluding hydrogens is 254 g/mol. The molecule has 2 heterocycles. The summed E-state index contributed by atoms with van der Waals surface area (Å²) >= 11 is 0. The Bertz CT molecular complexity index is 570. The molecule has 1 aromatic rings. The van der Waals surface area contributed by atoms with Gasteiger partial charge < -0.3 is 5.01 Å². The molecule has 2 N–H and O–H groups in total. The Hall–Kier alpha value is -1.88.